The fraction of sp³-hybridized carbons (Fsp3) is 0.394. The molecule has 1 amide bonds. The molecule has 0 radical (unpaired) electrons. The van der Waals surface area contributed by atoms with Gasteiger partial charge in [-0.1, -0.05) is 104 Å². The van der Waals surface area contributed by atoms with Crippen LogP contribution in [0.15, 0.2) is 91.0 Å². The van der Waals surface area contributed by atoms with Gasteiger partial charge in [-0.15, -0.1) is 11.8 Å². The van der Waals surface area contributed by atoms with Crippen molar-refractivity contribution in [1.29, 1.82) is 0 Å². The van der Waals surface area contributed by atoms with Crippen LogP contribution < -0.4 is 11.1 Å². The molecular formula is C33H40N2O3S. The first-order valence-corrected chi connectivity index (χ1v) is 14.7. The number of rotatable bonds is 10. The Labute approximate surface area is 236 Å². The number of nitrogens with two attached hydrogens (primary N) is 1. The molecule has 3 N–H and O–H groups in total. The van der Waals surface area contributed by atoms with Crippen LogP contribution in [0.3, 0.4) is 0 Å². The molecule has 0 heterocycles. The smallest absolute Gasteiger partial charge is 0.330 e. The molecule has 0 bridgehead atoms. The summed E-state index contributed by atoms with van der Waals surface area (Å²) in [7, 11) is 0. The Bertz CT molecular complexity index is 1120. The minimum Gasteiger partial charge on any atom is -0.458 e. The van der Waals surface area contributed by atoms with Gasteiger partial charge in [-0.3, -0.25) is 4.79 Å². The highest BCUT2D eigenvalue weighted by Gasteiger charge is 2.43. The van der Waals surface area contributed by atoms with Gasteiger partial charge in [0, 0.05) is 12.3 Å². The number of hydrogen-bond acceptors (Lipinski definition) is 5. The molecule has 3 aromatic rings. The maximum Gasteiger partial charge on any atom is 0.330 e. The quantitative estimate of drug-likeness (QED) is 0.240. The summed E-state index contributed by atoms with van der Waals surface area (Å²) < 4.78 is 5.20. The molecule has 1 aliphatic carbocycles. The van der Waals surface area contributed by atoms with Gasteiger partial charge in [0.1, 0.15) is 11.6 Å². The Morgan fingerprint density at radius 2 is 1.28 bits per heavy atom. The molecule has 0 aliphatic heterocycles. The topological polar surface area (TPSA) is 81.4 Å². The van der Waals surface area contributed by atoms with Crippen molar-refractivity contribution in [3.05, 3.63) is 108 Å². The number of hydrogen-bond donors (Lipinski definition) is 2. The summed E-state index contributed by atoms with van der Waals surface area (Å²) in [6, 6.07) is 30.1. The minimum absolute atomic E-state index is 0.149. The molecule has 0 spiro atoms. The van der Waals surface area contributed by atoms with Crippen molar-refractivity contribution in [2.45, 2.75) is 62.8 Å². The molecule has 3 aromatic carbocycles. The van der Waals surface area contributed by atoms with E-state index < -0.39 is 27.8 Å². The summed E-state index contributed by atoms with van der Waals surface area (Å²) in [5.41, 5.74) is 8.09. The van der Waals surface area contributed by atoms with Crippen molar-refractivity contribution in [2.75, 3.05) is 12.3 Å². The number of esters is 1. The Morgan fingerprint density at radius 3 is 1.67 bits per heavy atom. The lowest BCUT2D eigenvalue weighted by molar-refractivity contribution is -0.158. The number of ether oxygens (including phenoxy) is 1. The van der Waals surface area contributed by atoms with E-state index in [1.165, 1.54) is 0 Å². The highest BCUT2D eigenvalue weighted by atomic mass is 32.2. The van der Waals surface area contributed by atoms with Crippen LogP contribution in [0.4, 0.5) is 0 Å². The predicted molar refractivity (Wildman–Crippen MR) is 159 cm³/mol. The van der Waals surface area contributed by atoms with Crippen molar-refractivity contribution >= 4 is 23.6 Å². The summed E-state index contributed by atoms with van der Waals surface area (Å²) in [5, 5.41) is 3.09. The lowest BCUT2D eigenvalue weighted by Gasteiger charge is -2.37. The third-order valence-electron chi connectivity index (χ3n) is 7.44. The van der Waals surface area contributed by atoms with E-state index in [4.69, 9.17) is 10.5 Å². The highest BCUT2D eigenvalue weighted by Crippen LogP contribution is 2.48. The average molecular weight is 545 g/mol. The normalized spacial score (nSPS) is 15.9. The lowest BCUT2D eigenvalue weighted by atomic mass is 9.84. The molecule has 206 valence electrons. The lowest BCUT2D eigenvalue weighted by Crippen LogP contribution is -2.53. The number of benzene rings is 3. The van der Waals surface area contributed by atoms with Gasteiger partial charge in [0.05, 0.1) is 10.2 Å². The van der Waals surface area contributed by atoms with Gasteiger partial charge in [0.15, 0.2) is 0 Å². The van der Waals surface area contributed by atoms with Crippen LogP contribution in [-0.4, -0.2) is 35.8 Å². The maximum atomic E-state index is 13.6. The zero-order valence-electron chi connectivity index (χ0n) is 23.2. The number of carbonyl (C=O) groups excluding carboxylic acids is 2. The first-order valence-electron chi connectivity index (χ1n) is 13.7. The Kier molecular flexibility index (Phi) is 9.19. The van der Waals surface area contributed by atoms with Gasteiger partial charge in [-0.05, 0) is 50.3 Å². The van der Waals surface area contributed by atoms with E-state index in [2.05, 4.69) is 41.7 Å². The molecular weight excluding hydrogens is 504 g/mol. The number of nitrogens with one attached hydrogen (secondary N) is 1. The molecule has 39 heavy (non-hydrogen) atoms. The summed E-state index contributed by atoms with van der Waals surface area (Å²) in [4.78, 5) is 27.2. The van der Waals surface area contributed by atoms with E-state index in [-0.39, 0.29) is 12.5 Å². The molecule has 5 nitrogen and oxygen atoms in total. The van der Waals surface area contributed by atoms with Crippen LogP contribution in [0.5, 0.6) is 0 Å². The van der Waals surface area contributed by atoms with Crippen molar-refractivity contribution in [1.82, 2.24) is 5.32 Å². The monoisotopic (exact) mass is 544 g/mol. The molecule has 1 unspecified atom stereocenters. The Hall–Kier alpha value is -3.09. The fourth-order valence-electron chi connectivity index (χ4n) is 5.41. The van der Waals surface area contributed by atoms with Gasteiger partial charge in [0.2, 0.25) is 5.91 Å². The van der Waals surface area contributed by atoms with Gasteiger partial charge >= 0.3 is 5.97 Å². The summed E-state index contributed by atoms with van der Waals surface area (Å²) in [5.74, 6) is -0.264. The van der Waals surface area contributed by atoms with Crippen LogP contribution in [0, 0.1) is 5.41 Å². The standard InChI is InChI=1S/C33H40N2O3S/c1-31(2,3)38-29(36)28(35-30(37)32(24-34)21-13-14-22-32)23-39-33(25-15-7-4-8-16-25,26-17-9-5-10-18-26)27-19-11-6-12-20-27/h4-12,15-20,28H,13-14,21-24,34H2,1-3H3,(H,35,37). The SMILES string of the molecule is CC(C)(C)OC(=O)C(CSC(c1ccccc1)(c1ccccc1)c1ccccc1)NC(=O)C1(CN)CCCC1. The number of carbonyl (C=O) groups is 2. The van der Waals surface area contributed by atoms with Crippen LogP contribution in [0.1, 0.15) is 63.1 Å². The first kappa shape index (κ1) is 28.9. The fourth-order valence-corrected chi connectivity index (χ4v) is 6.95. The number of thioether (sulfide) groups is 1. The van der Waals surface area contributed by atoms with Crippen molar-refractivity contribution in [2.24, 2.45) is 11.1 Å². The maximum absolute atomic E-state index is 13.6. The second-order valence-corrected chi connectivity index (χ2v) is 12.6. The van der Waals surface area contributed by atoms with Crippen LogP contribution in [0.25, 0.3) is 0 Å². The number of amides is 1. The molecule has 1 atom stereocenters. The van der Waals surface area contributed by atoms with Crippen LogP contribution in [-0.2, 0) is 19.1 Å². The van der Waals surface area contributed by atoms with E-state index in [9.17, 15) is 9.59 Å². The van der Waals surface area contributed by atoms with Gasteiger partial charge in [-0.2, -0.15) is 0 Å². The van der Waals surface area contributed by atoms with Crippen molar-refractivity contribution in [3.63, 3.8) is 0 Å². The van der Waals surface area contributed by atoms with E-state index in [1.807, 2.05) is 75.4 Å². The Morgan fingerprint density at radius 1 is 0.846 bits per heavy atom. The Balaban J connectivity index is 1.75. The summed E-state index contributed by atoms with van der Waals surface area (Å²) >= 11 is 1.63. The first-order chi connectivity index (χ1) is 18.7. The predicted octanol–water partition coefficient (Wildman–Crippen LogP) is 6.06. The second-order valence-electron chi connectivity index (χ2n) is 11.3. The summed E-state index contributed by atoms with van der Waals surface area (Å²) in [6.45, 7) is 5.81. The molecule has 0 saturated heterocycles. The zero-order valence-corrected chi connectivity index (χ0v) is 24.0. The third-order valence-corrected chi connectivity index (χ3v) is 9.08. The molecule has 1 aliphatic rings. The minimum atomic E-state index is -0.832. The largest absolute Gasteiger partial charge is 0.458 e. The molecule has 1 fully saturated rings. The van der Waals surface area contributed by atoms with E-state index in [0.29, 0.717) is 5.75 Å². The summed E-state index contributed by atoms with van der Waals surface area (Å²) in [6.07, 6.45) is 3.42. The zero-order chi connectivity index (χ0) is 27.9. The van der Waals surface area contributed by atoms with Gasteiger partial charge in [0.25, 0.3) is 0 Å². The van der Waals surface area contributed by atoms with E-state index >= 15 is 0 Å². The third kappa shape index (κ3) is 6.56. The van der Waals surface area contributed by atoms with Crippen LogP contribution >= 0.6 is 11.8 Å². The highest BCUT2D eigenvalue weighted by molar-refractivity contribution is 8.00. The molecule has 1 saturated carbocycles. The van der Waals surface area contributed by atoms with Crippen LogP contribution in [0.2, 0.25) is 0 Å². The second kappa shape index (κ2) is 12.4. The van der Waals surface area contributed by atoms with Gasteiger partial charge < -0.3 is 15.8 Å². The van der Waals surface area contributed by atoms with E-state index in [0.717, 1.165) is 42.4 Å². The molecule has 0 aromatic heterocycles. The average Bonchev–Trinajstić information content (AvgIpc) is 3.44. The van der Waals surface area contributed by atoms with E-state index in [1.54, 1.807) is 11.8 Å². The molecule has 4 rings (SSSR count). The van der Waals surface area contributed by atoms with Crippen molar-refractivity contribution in [3.8, 4) is 0 Å². The van der Waals surface area contributed by atoms with Gasteiger partial charge in [-0.25, -0.2) is 4.79 Å². The molecule has 6 heteroatoms. The van der Waals surface area contributed by atoms with Crippen molar-refractivity contribution < 1.29 is 14.3 Å².